The predicted molar refractivity (Wildman–Crippen MR) is 99.3 cm³/mol. The van der Waals surface area contributed by atoms with Crippen LogP contribution in [0.15, 0.2) is 24.5 Å². The molecule has 1 aliphatic carbocycles. The van der Waals surface area contributed by atoms with Gasteiger partial charge in [0.1, 0.15) is 0 Å². The summed E-state index contributed by atoms with van der Waals surface area (Å²) in [4.78, 5) is 26.0. The summed E-state index contributed by atoms with van der Waals surface area (Å²) in [7, 11) is 0. The molecule has 3 heterocycles. The average Bonchev–Trinajstić information content (AvgIpc) is 3.37. The first-order valence-electron chi connectivity index (χ1n) is 9.57. The SMILES string of the molecule is Cc1cc(-n2cccn2)nc(N2CCCN(C(=O)CCC3CC3)CC2)n1. The molecule has 2 aromatic rings. The number of carbonyl (C=O) groups excluding carboxylic acids is 1. The Bertz CT molecular complexity index is 755. The van der Waals surface area contributed by atoms with Gasteiger partial charge in [-0.25, -0.2) is 9.67 Å². The molecule has 0 N–H and O–H groups in total. The highest BCUT2D eigenvalue weighted by Crippen LogP contribution is 2.33. The van der Waals surface area contributed by atoms with E-state index in [4.69, 9.17) is 4.98 Å². The third-order valence-electron chi connectivity index (χ3n) is 5.16. The lowest BCUT2D eigenvalue weighted by Crippen LogP contribution is -2.35. The van der Waals surface area contributed by atoms with Gasteiger partial charge in [-0.15, -0.1) is 0 Å². The maximum atomic E-state index is 12.5. The highest BCUT2D eigenvalue weighted by Gasteiger charge is 2.25. The van der Waals surface area contributed by atoms with Crippen LogP contribution in [-0.4, -0.2) is 56.7 Å². The largest absolute Gasteiger partial charge is 0.341 e. The second kappa shape index (κ2) is 7.43. The van der Waals surface area contributed by atoms with Crippen LogP contribution in [-0.2, 0) is 4.79 Å². The number of hydrogen-bond donors (Lipinski definition) is 0. The molecule has 7 nitrogen and oxygen atoms in total. The second-order valence-corrected chi connectivity index (χ2v) is 7.32. The van der Waals surface area contributed by atoms with E-state index in [1.165, 1.54) is 12.8 Å². The quantitative estimate of drug-likeness (QED) is 0.823. The summed E-state index contributed by atoms with van der Waals surface area (Å²) in [5, 5.41) is 4.26. The Balaban J connectivity index is 1.42. The Morgan fingerprint density at radius 2 is 2.08 bits per heavy atom. The van der Waals surface area contributed by atoms with Gasteiger partial charge in [0.15, 0.2) is 5.82 Å². The number of aryl methyl sites for hydroxylation is 1. The van der Waals surface area contributed by atoms with Crippen LogP contribution in [0, 0.1) is 12.8 Å². The summed E-state index contributed by atoms with van der Waals surface area (Å²) < 4.78 is 1.75. The van der Waals surface area contributed by atoms with Gasteiger partial charge in [0.25, 0.3) is 0 Å². The Labute approximate surface area is 154 Å². The van der Waals surface area contributed by atoms with Crippen LogP contribution < -0.4 is 4.90 Å². The van der Waals surface area contributed by atoms with Gasteiger partial charge < -0.3 is 9.80 Å². The molecule has 0 aromatic carbocycles. The van der Waals surface area contributed by atoms with Crippen molar-refractivity contribution in [3.8, 4) is 5.82 Å². The Morgan fingerprint density at radius 3 is 2.85 bits per heavy atom. The number of carbonyl (C=O) groups is 1. The van der Waals surface area contributed by atoms with Crippen LogP contribution in [0.1, 0.15) is 37.8 Å². The molecule has 0 unspecified atom stereocenters. The molecule has 1 saturated carbocycles. The van der Waals surface area contributed by atoms with E-state index in [2.05, 4.69) is 15.0 Å². The fourth-order valence-corrected chi connectivity index (χ4v) is 3.46. The first-order valence-corrected chi connectivity index (χ1v) is 9.57. The lowest BCUT2D eigenvalue weighted by Gasteiger charge is -2.22. The molecule has 1 aliphatic heterocycles. The molecule has 26 heavy (non-hydrogen) atoms. The zero-order valence-corrected chi connectivity index (χ0v) is 15.3. The molecule has 0 spiro atoms. The van der Waals surface area contributed by atoms with E-state index in [0.717, 1.165) is 62.4 Å². The highest BCUT2D eigenvalue weighted by atomic mass is 16.2. The van der Waals surface area contributed by atoms with Gasteiger partial charge >= 0.3 is 0 Å². The standard InChI is InChI=1S/C19H26N6O/c1-15-14-17(25-11-2-8-20-25)22-19(21-15)24-10-3-9-23(12-13-24)18(26)7-6-16-4-5-16/h2,8,11,14,16H,3-7,9-10,12-13H2,1H3. The molecular weight excluding hydrogens is 328 g/mol. The minimum absolute atomic E-state index is 0.307. The zero-order chi connectivity index (χ0) is 17.9. The van der Waals surface area contributed by atoms with Gasteiger partial charge in [-0.3, -0.25) is 4.79 Å². The van der Waals surface area contributed by atoms with Gasteiger partial charge in [-0.05, 0) is 31.7 Å². The van der Waals surface area contributed by atoms with Crippen LogP contribution in [0.3, 0.4) is 0 Å². The molecule has 0 atom stereocenters. The van der Waals surface area contributed by atoms with E-state index < -0.39 is 0 Å². The number of amides is 1. The van der Waals surface area contributed by atoms with Crippen molar-refractivity contribution in [2.45, 2.75) is 39.0 Å². The Kier molecular flexibility index (Phi) is 4.86. The van der Waals surface area contributed by atoms with Crippen LogP contribution in [0.25, 0.3) is 5.82 Å². The summed E-state index contributed by atoms with van der Waals surface area (Å²) in [5.74, 6) is 2.62. The monoisotopic (exact) mass is 354 g/mol. The molecule has 1 saturated heterocycles. The number of rotatable bonds is 5. The summed E-state index contributed by atoms with van der Waals surface area (Å²) >= 11 is 0. The summed E-state index contributed by atoms with van der Waals surface area (Å²) in [5.41, 5.74) is 0.919. The summed E-state index contributed by atoms with van der Waals surface area (Å²) in [6, 6.07) is 3.82. The van der Waals surface area contributed by atoms with Crippen molar-refractivity contribution >= 4 is 11.9 Å². The average molecular weight is 354 g/mol. The Morgan fingerprint density at radius 1 is 1.19 bits per heavy atom. The fraction of sp³-hybridized carbons (Fsp3) is 0.579. The van der Waals surface area contributed by atoms with Crippen molar-refractivity contribution in [2.24, 2.45) is 5.92 Å². The molecule has 2 aliphatic rings. The van der Waals surface area contributed by atoms with Crippen molar-refractivity contribution in [2.75, 3.05) is 31.1 Å². The van der Waals surface area contributed by atoms with Crippen LogP contribution in [0.4, 0.5) is 5.95 Å². The van der Waals surface area contributed by atoms with Crippen LogP contribution in [0.5, 0.6) is 0 Å². The Hall–Kier alpha value is -2.44. The van der Waals surface area contributed by atoms with Crippen molar-refractivity contribution in [1.29, 1.82) is 0 Å². The van der Waals surface area contributed by atoms with Gasteiger partial charge in [0.2, 0.25) is 11.9 Å². The van der Waals surface area contributed by atoms with E-state index in [1.54, 1.807) is 10.9 Å². The lowest BCUT2D eigenvalue weighted by atomic mass is 10.2. The molecule has 4 rings (SSSR count). The summed E-state index contributed by atoms with van der Waals surface area (Å²) in [6.45, 7) is 5.20. The third-order valence-corrected chi connectivity index (χ3v) is 5.16. The molecular formula is C19H26N6O. The van der Waals surface area contributed by atoms with E-state index in [0.29, 0.717) is 12.3 Å². The molecule has 1 amide bonds. The molecule has 2 fully saturated rings. The van der Waals surface area contributed by atoms with E-state index in [9.17, 15) is 4.79 Å². The van der Waals surface area contributed by atoms with E-state index in [-0.39, 0.29) is 0 Å². The van der Waals surface area contributed by atoms with Gasteiger partial charge in [-0.2, -0.15) is 10.1 Å². The lowest BCUT2D eigenvalue weighted by molar-refractivity contribution is -0.131. The van der Waals surface area contributed by atoms with Crippen LogP contribution >= 0.6 is 0 Å². The van der Waals surface area contributed by atoms with Crippen LogP contribution in [0.2, 0.25) is 0 Å². The topological polar surface area (TPSA) is 67.2 Å². The highest BCUT2D eigenvalue weighted by molar-refractivity contribution is 5.76. The number of nitrogens with zero attached hydrogens (tertiary/aromatic N) is 6. The van der Waals surface area contributed by atoms with Gasteiger partial charge in [-0.1, -0.05) is 12.8 Å². The van der Waals surface area contributed by atoms with E-state index in [1.807, 2.05) is 30.2 Å². The smallest absolute Gasteiger partial charge is 0.227 e. The second-order valence-electron chi connectivity index (χ2n) is 7.32. The third kappa shape index (κ3) is 4.03. The first-order chi connectivity index (χ1) is 12.7. The van der Waals surface area contributed by atoms with Crippen molar-refractivity contribution in [3.63, 3.8) is 0 Å². The number of anilines is 1. The predicted octanol–water partition coefficient (Wildman–Crippen LogP) is 2.20. The minimum atomic E-state index is 0.307. The molecule has 0 radical (unpaired) electrons. The van der Waals surface area contributed by atoms with E-state index >= 15 is 0 Å². The molecule has 7 heteroatoms. The first kappa shape index (κ1) is 17.0. The number of aromatic nitrogens is 4. The van der Waals surface area contributed by atoms with Gasteiger partial charge in [0.05, 0.1) is 0 Å². The maximum Gasteiger partial charge on any atom is 0.227 e. The molecule has 2 aromatic heterocycles. The maximum absolute atomic E-state index is 12.5. The molecule has 138 valence electrons. The minimum Gasteiger partial charge on any atom is -0.341 e. The number of hydrogen-bond acceptors (Lipinski definition) is 5. The summed E-state index contributed by atoms with van der Waals surface area (Å²) in [6.07, 6.45) is 8.96. The fourth-order valence-electron chi connectivity index (χ4n) is 3.46. The normalized spacial score (nSPS) is 18.0. The van der Waals surface area contributed by atoms with Crippen molar-refractivity contribution in [1.82, 2.24) is 24.6 Å². The molecule has 0 bridgehead atoms. The van der Waals surface area contributed by atoms with Crippen molar-refractivity contribution in [3.05, 3.63) is 30.2 Å². The van der Waals surface area contributed by atoms with Crippen molar-refractivity contribution < 1.29 is 4.79 Å². The van der Waals surface area contributed by atoms with Gasteiger partial charge in [0, 0.05) is 56.8 Å². The zero-order valence-electron chi connectivity index (χ0n) is 15.3.